The summed E-state index contributed by atoms with van der Waals surface area (Å²) in [6, 6.07) is -0.658. The fraction of sp³-hybridized carbons (Fsp3) is 0.667. The lowest BCUT2D eigenvalue weighted by Gasteiger charge is -2.44. The number of allylic oxidation sites excluding steroid dienone is 2. The number of aromatic amines is 1. The van der Waals surface area contributed by atoms with Gasteiger partial charge in [0.2, 0.25) is 11.8 Å². The molecule has 4 atom stereocenters. The molecule has 0 spiro atoms. The van der Waals surface area contributed by atoms with Crippen LogP contribution in [0.1, 0.15) is 45.0 Å². The number of rotatable bonds is 4. The number of carbonyl (C=O) groups is 2. The summed E-state index contributed by atoms with van der Waals surface area (Å²) >= 11 is 1.68. The molecule has 3 heterocycles. The Morgan fingerprint density at radius 1 is 1.54 bits per heavy atom. The molecule has 2 N–H and O–H groups in total. The topological polar surface area (TPSA) is 104 Å². The first-order valence-corrected chi connectivity index (χ1v) is 9.05. The van der Waals surface area contributed by atoms with Crippen molar-refractivity contribution in [1.29, 1.82) is 0 Å². The van der Waals surface area contributed by atoms with Crippen LogP contribution < -0.4 is 5.32 Å². The van der Waals surface area contributed by atoms with E-state index >= 15 is 0 Å². The molecule has 2 saturated heterocycles. The highest BCUT2D eigenvalue weighted by atomic mass is 32.2. The van der Waals surface area contributed by atoms with Gasteiger partial charge in [0.1, 0.15) is 17.5 Å². The van der Waals surface area contributed by atoms with Gasteiger partial charge in [-0.1, -0.05) is 12.2 Å². The first-order valence-electron chi connectivity index (χ1n) is 8.17. The molecule has 0 saturated carbocycles. The summed E-state index contributed by atoms with van der Waals surface area (Å²) in [7, 11) is 0. The molecule has 128 valence electrons. The van der Waals surface area contributed by atoms with Crippen LogP contribution in [0.4, 0.5) is 0 Å². The van der Waals surface area contributed by atoms with Gasteiger partial charge in [0, 0.05) is 11.2 Å². The van der Waals surface area contributed by atoms with E-state index in [0.717, 1.165) is 12.8 Å². The second-order valence-electron chi connectivity index (χ2n) is 7.06. The average Bonchev–Trinajstić information content (AvgIpc) is 3.24. The molecule has 1 aliphatic carbocycles. The van der Waals surface area contributed by atoms with E-state index in [9.17, 15) is 9.59 Å². The first kappa shape index (κ1) is 15.6. The van der Waals surface area contributed by atoms with Crippen LogP contribution in [-0.4, -0.2) is 53.5 Å². The van der Waals surface area contributed by atoms with Gasteiger partial charge >= 0.3 is 0 Å². The van der Waals surface area contributed by atoms with Crippen molar-refractivity contribution in [2.75, 3.05) is 0 Å². The maximum absolute atomic E-state index is 12.6. The van der Waals surface area contributed by atoms with Gasteiger partial charge in [-0.15, -0.1) is 16.9 Å². The minimum atomic E-state index is -0.451. The van der Waals surface area contributed by atoms with Crippen molar-refractivity contribution in [3.8, 4) is 0 Å². The van der Waals surface area contributed by atoms with E-state index in [2.05, 4.69) is 51.9 Å². The number of tetrazole rings is 1. The molecule has 8 nitrogen and oxygen atoms in total. The van der Waals surface area contributed by atoms with E-state index < -0.39 is 6.04 Å². The highest BCUT2D eigenvalue weighted by molar-refractivity contribution is 8.01. The minimum absolute atomic E-state index is 0.0484. The maximum Gasteiger partial charge on any atom is 0.249 e. The Hall–Kier alpha value is -1.90. The summed E-state index contributed by atoms with van der Waals surface area (Å²) in [6.45, 7) is 4.14. The molecule has 0 radical (unpaired) electrons. The van der Waals surface area contributed by atoms with Crippen molar-refractivity contribution in [2.45, 2.75) is 55.3 Å². The van der Waals surface area contributed by atoms with Gasteiger partial charge < -0.3 is 10.2 Å². The molecule has 1 aromatic heterocycles. The summed E-state index contributed by atoms with van der Waals surface area (Å²) < 4.78 is -0.227. The quantitative estimate of drug-likeness (QED) is 0.615. The predicted molar refractivity (Wildman–Crippen MR) is 87.6 cm³/mol. The number of aromatic nitrogens is 4. The zero-order valence-corrected chi connectivity index (χ0v) is 14.4. The lowest BCUT2D eigenvalue weighted by molar-refractivity contribution is -0.151. The van der Waals surface area contributed by atoms with Crippen molar-refractivity contribution < 1.29 is 9.59 Å². The van der Waals surface area contributed by atoms with Gasteiger partial charge in [-0.3, -0.25) is 9.59 Å². The standard InChI is InChI=1S/C15H20N6O2S/c1-15(2)11(12-17-19-20-18-12)21-13(23)10(14(21)24-15)16-9(22)7-8-5-3-4-6-8/h3,5,8,10-11,14H,4,6-7H2,1-2H3,(H,16,22)(H,17,18,19,20)/t8?,10?,11?,14-/m0/s1. The van der Waals surface area contributed by atoms with Crippen LogP contribution in [0.25, 0.3) is 0 Å². The number of carbonyl (C=O) groups excluding carboxylic acids is 2. The number of amides is 2. The van der Waals surface area contributed by atoms with Crippen LogP contribution in [-0.2, 0) is 9.59 Å². The van der Waals surface area contributed by atoms with E-state index in [0.29, 0.717) is 18.2 Å². The molecule has 2 fully saturated rings. The Bertz CT molecular complexity index is 688. The van der Waals surface area contributed by atoms with E-state index in [1.807, 2.05) is 0 Å². The summed E-state index contributed by atoms with van der Waals surface area (Å²) in [6.07, 6.45) is 6.71. The Balaban J connectivity index is 1.45. The third kappa shape index (κ3) is 2.42. The van der Waals surface area contributed by atoms with Crippen LogP contribution in [0.3, 0.4) is 0 Å². The summed E-state index contributed by atoms with van der Waals surface area (Å²) in [4.78, 5) is 26.6. The average molecular weight is 348 g/mol. The third-order valence-corrected chi connectivity index (χ3v) is 6.51. The molecular weight excluding hydrogens is 328 g/mol. The van der Waals surface area contributed by atoms with Crippen LogP contribution in [0.15, 0.2) is 12.2 Å². The molecule has 2 amide bonds. The molecule has 0 aromatic carbocycles. The molecule has 24 heavy (non-hydrogen) atoms. The van der Waals surface area contributed by atoms with Gasteiger partial charge in [-0.05, 0) is 43.0 Å². The van der Waals surface area contributed by atoms with Gasteiger partial charge in [0.15, 0.2) is 5.82 Å². The largest absolute Gasteiger partial charge is 0.342 e. The number of hydrogen-bond acceptors (Lipinski definition) is 6. The normalized spacial score (nSPS) is 33.4. The summed E-state index contributed by atoms with van der Waals surface area (Å²) in [5.74, 6) is 0.781. The van der Waals surface area contributed by atoms with Gasteiger partial charge in [-0.25, -0.2) is 5.10 Å². The zero-order valence-electron chi connectivity index (χ0n) is 13.6. The maximum atomic E-state index is 12.6. The molecular formula is C15H20N6O2S. The van der Waals surface area contributed by atoms with Gasteiger partial charge in [0.25, 0.3) is 0 Å². The van der Waals surface area contributed by atoms with Crippen molar-refractivity contribution in [2.24, 2.45) is 5.92 Å². The van der Waals surface area contributed by atoms with Crippen LogP contribution in [0.5, 0.6) is 0 Å². The van der Waals surface area contributed by atoms with E-state index in [1.54, 1.807) is 16.7 Å². The molecule has 0 bridgehead atoms. The number of H-pyrrole nitrogens is 1. The van der Waals surface area contributed by atoms with Gasteiger partial charge in [-0.2, -0.15) is 0 Å². The Morgan fingerprint density at radius 2 is 2.38 bits per heavy atom. The van der Waals surface area contributed by atoms with Gasteiger partial charge in [0.05, 0.1) is 0 Å². The third-order valence-electron chi connectivity index (χ3n) is 4.94. The Labute approximate surface area is 143 Å². The van der Waals surface area contributed by atoms with Crippen LogP contribution in [0.2, 0.25) is 0 Å². The lowest BCUT2D eigenvalue weighted by atomic mass is 9.95. The molecule has 2 aliphatic heterocycles. The first-order chi connectivity index (χ1) is 11.5. The van der Waals surface area contributed by atoms with E-state index in [1.165, 1.54) is 0 Å². The van der Waals surface area contributed by atoms with Crippen LogP contribution >= 0.6 is 11.8 Å². The SMILES string of the molecule is CC1(C)S[C@H]2C(NC(=O)CC3C=CCC3)C(=O)N2C1c1nnn[nH]1. The van der Waals surface area contributed by atoms with Crippen molar-refractivity contribution in [3.63, 3.8) is 0 Å². The van der Waals surface area contributed by atoms with Crippen LogP contribution in [0, 0.1) is 5.92 Å². The lowest BCUT2D eigenvalue weighted by Crippen LogP contribution is -2.67. The molecule has 4 rings (SSSR count). The van der Waals surface area contributed by atoms with Crippen molar-refractivity contribution in [1.82, 2.24) is 30.8 Å². The number of nitrogens with zero attached hydrogens (tertiary/aromatic N) is 4. The number of hydrogen-bond donors (Lipinski definition) is 2. The fourth-order valence-electron chi connectivity index (χ4n) is 3.81. The summed E-state index contributed by atoms with van der Waals surface area (Å²) in [5.41, 5.74) is 0. The smallest absolute Gasteiger partial charge is 0.249 e. The zero-order chi connectivity index (χ0) is 16.9. The highest BCUT2D eigenvalue weighted by Crippen LogP contribution is 2.56. The number of nitrogens with one attached hydrogen (secondary N) is 2. The monoisotopic (exact) mass is 348 g/mol. The fourth-order valence-corrected chi connectivity index (χ4v) is 5.44. The number of fused-ring (bicyclic) bond motifs is 1. The van der Waals surface area contributed by atoms with Crippen molar-refractivity contribution >= 4 is 23.6 Å². The Kier molecular flexibility index (Phi) is 3.63. The molecule has 3 aliphatic rings. The summed E-state index contributed by atoms with van der Waals surface area (Å²) in [5, 5.41) is 16.9. The van der Waals surface area contributed by atoms with E-state index in [-0.39, 0.29) is 28.0 Å². The molecule has 1 aromatic rings. The highest BCUT2D eigenvalue weighted by Gasteiger charge is 2.63. The van der Waals surface area contributed by atoms with E-state index in [4.69, 9.17) is 0 Å². The number of β-lactam (4-membered cyclic amide) rings is 1. The molecule has 9 heteroatoms. The second kappa shape index (κ2) is 5.58. The van der Waals surface area contributed by atoms with Crippen molar-refractivity contribution in [3.05, 3.63) is 18.0 Å². The second-order valence-corrected chi connectivity index (χ2v) is 8.83. The minimum Gasteiger partial charge on any atom is -0.342 e. The Morgan fingerprint density at radius 3 is 3.04 bits per heavy atom. The predicted octanol–water partition coefficient (Wildman–Crippen LogP) is 0.776. The number of thioether (sulfide) groups is 1. The molecule has 3 unspecified atom stereocenters.